The van der Waals surface area contributed by atoms with Crippen molar-refractivity contribution in [2.45, 2.75) is 20.3 Å². The molecule has 0 N–H and O–H groups in total. The highest BCUT2D eigenvalue weighted by molar-refractivity contribution is 5.94. The SMILES string of the molecule is C=CCc1cc(C(C)=O)ccc1OCC. The average molecular weight is 204 g/mol. The van der Waals surface area contributed by atoms with E-state index in [1.807, 2.05) is 25.1 Å². The van der Waals surface area contributed by atoms with Gasteiger partial charge in [-0.2, -0.15) is 0 Å². The second-order valence-corrected chi connectivity index (χ2v) is 3.30. The molecule has 0 aliphatic carbocycles. The van der Waals surface area contributed by atoms with E-state index in [-0.39, 0.29) is 5.78 Å². The molecule has 0 aliphatic rings. The predicted octanol–water partition coefficient (Wildman–Crippen LogP) is 3.02. The van der Waals surface area contributed by atoms with Gasteiger partial charge in [-0.1, -0.05) is 6.08 Å². The van der Waals surface area contributed by atoms with Crippen LogP contribution in [-0.4, -0.2) is 12.4 Å². The fourth-order valence-electron chi connectivity index (χ4n) is 1.41. The van der Waals surface area contributed by atoms with E-state index in [0.29, 0.717) is 6.61 Å². The molecular formula is C13H16O2. The van der Waals surface area contributed by atoms with Crippen LogP contribution in [0.2, 0.25) is 0 Å². The second kappa shape index (κ2) is 5.35. The molecule has 0 fully saturated rings. The van der Waals surface area contributed by atoms with E-state index in [9.17, 15) is 4.79 Å². The smallest absolute Gasteiger partial charge is 0.159 e. The number of allylic oxidation sites excluding steroid dienone is 1. The largest absolute Gasteiger partial charge is 0.494 e. The normalized spacial score (nSPS) is 9.73. The van der Waals surface area contributed by atoms with Gasteiger partial charge in [-0.15, -0.1) is 6.58 Å². The van der Waals surface area contributed by atoms with Crippen LogP contribution in [0.25, 0.3) is 0 Å². The van der Waals surface area contributed by atoms with Crippen molar-refractivity contribution in [2.75, 3.05) is 6.61 Å². The van der Waals surface area contributed by atoms with Gasteiger partial charge in [-0.3, -0.25) is 4.79 Å². The first-order valence-corrected chi connectivity index (χ1v) is 5.06. The minimum absolute atomic E-state index is 0.0726. The van der Waals surface area contributed by atoms with Crippen LogP contribution in [0, 0.1) is 0 Å². The summed E-state index contributed by atoms with van der Waals surface area (Å²) in [4.78, 5) is 11.2. The van der Waals surface area contributed by atoms with Crippen LogP contribution in [0.5, 0.6) is 5.75 Å². The Bertz CT molecular complexity index is 367. The first kappa shape index (κ1) is 11.5. The highest BCUT2D eigenvalue weighted by atomic mass is 16.5. The molecule has 80 valence electrons. The molecule has 0 atom stereocenters. The highest BCUT2D eigenvalue weighted by Crippen LogP contribution is 2.21. The molecule has 0 aromatic heterocycles. The number of carbonyl (C=O) groups is 1. The van der Waals surface area contributed by atoms with Crippen molar-refractivity contribution in [3.05, 3.63) is 42.0 Å². The molecule has 0 unspecified atom stereocenters. The maximum absolute atomic E-state index is 11.2. The summed E-state index contributed by atoms with van der Waals surface area (Å²) in [6.07, 6.45) is 2.53. The maximum atomic E-state index is 11.2. The minimum Gasteiger partial charge on any atom is -0.494 e. The number of carbonyl (C=O) groups excluding carboxylic acids is 1. The number of ketones is 1. The first-order valence-electron chi connectivity index (χ1n) is 5.06. The summed E-state index contributed by atoms with van der Waals surface area (Å²) in [6, 6.07) is 5.51. The van der Waals surface area contributed by atoms with Crippen LogP contribution in [0.4, 0.5) is 0 Å². The van der Waals surface area contributed by atoms with Crippen molar-refractivity contribution < 1.29 is 9.53 Å². The zero-order valence-corrected chi connectivity index (χ0v) is 9.25. The topological polar surface area (TPSA) is 26.3 Å². The fraction of sp³-hybridized carbons (Fsp3) is 0.308. The lowest BCUT2D eigenvalue weighted by atomic mass is 10.0. The molecule has 0 saturated heterocycles. The Morgan fingerprint density at radius 2 is 2.27 bits per heavy atom. The molecule has 0 bridgehead atoms. The summed E-state index contributed by atoms with van der Waals surface area (Å²) >= 11 is 0. The molecule has 0 aliphatic heterocycles. The zero-order valence-electron chi connectivity index (χ0n) is 9.25. The van der Waals surface area contributed by atoms with Gasteiger partial charge in [0.25, 0.3) is 0 Å². The summed E-state index contributed by atoms with van der Waals surface area (Å²) < 4.78 is 5.47. The third kappa shape index (κ3) is 2.94. The van der Waals surface area contributed by atoms with Gasteiger partial charge in [-0.25, -0.2) is 0 Å². The molecule has 15 heavy (non-hydrogen) atoms. The van der Waals surface area contributed by atoms with E-state index in [1.165, 1.54) is 0 Å². The minimum atomic E-state index is 0.0726. The highest BCUT2D eigenvalue weighted by Gasteiger charge is 2.06. The van der Waals surface area contributed by atoms with Crippen LogP contribution in [-0.2, 0) is 6.42 Å². The second-order valence-electron chi connectivity index (χ2n) is 3.30. The molecule has 1 aromatic rings. The molecule has 1 rings (SSSR count). The quantitative estimate of drug-likeness (QED) is 0.544. The molecule has 0 heterocycles. The molecule has 1 aromatic carbocycles. The third-order valence-electron chi connectivity index (χ3n) is 2.13. The van der Waals surface area contributed by atoms with Crippen LogP contribution in [0.1, 0.15) is 29.8 Å². The maximum Gasteiger partial charge on any atom is 0.159 e. The summed E-state index contributed by atoms with van der Waals surface area (Å²) in [5.41, 5.74) is 1.73. The zero-order chi connectivity index (χ0) is 11.3. The molecule has 2 nitrogen and oxygen atoms in total. The fourth-order valence-corrected chi connectivity index (χ4v) is 1.41. The van der Waals surface area contributed by atoms with Crippen molar-refractivity contribution in [3.63, 3.8) is 0 Å². The van der Waals surface area contributed by atoms with E-state index in [4.69, 9.17) is 4.74 Å². The third-order valence-corrected chi connectivity index (χ3v) is 2.13. The Balaban J connectivity index is 3.07. The monoisotopic (exact) mass is 204 g/mol. The van der Waals surface area contributed by atoms with Gasteiger partial charge in [0.1, 0.15) is 5.75 Å². The number of hydrogen-bond donors (Lipinski definition) is 0. The first-order chi connectivity index (χ1) is 7.19. The summed E-state index contributed by atoms with van der Waals surface area (Å²) in [5, 5.41) is 0. The lowest BCUT2D eigenvalue weighted by Gasteiger charge is -2.09. The Kier molecular flexibility index (Phi) is 4.10. The Labute approximate surface area is 90.6 Å². The van der Waals surface area contributed by atoms with Crippen molar-refractivity contribution in [3.8, 4) is 5.75 Å². The van der Waals surface area contributed by atoms with Gasteiger partial charge < -0.3 is 4.74 Å². The van der Waals surface area contributed by atoms with Crippen LogP contribution in [0.15, 0.2) is 30.9 Å². The predicted molar refractivity (Wildman–Crippen MR) is 61.5 cm³/mol. The number of benzene rings is 1. The van der Waals surface area contributed by atoms with E-state index in [0.717, 1.165) is 23.3 Å². The number of Topliss-reactive ketones (excluding diaryl/α,β-unsaturated/α-hetero) is 1. The van der Waals surface area contributed by atoms with Gasteiger partial charge in [0.2, 0.25) is 0 Å². The lowest BCUT2D eigenvalue weighted by Crippen LogP contribution is -1.99. The van der Waals surface area contributed by atoms with Crippen molar-refractivity contribution in [1.29, 1.82) is 0 Å². The molecule has 0 saturated carbocycles. The molecule has 0 spiro atoms. The summed E-state index contributed by atoms with van der Waals surface area (Å²) in [5.74, 6) is 0.908. The Morgan fingerprint density at radius 3 is 2.80 bits per heavy atom. The van der Waals surface area contributed by atoms with E-state index < -0.39 is 0 Å². The van der Waals surface area contributed by atoms with Gasteiger partial charge in [0.15, 0.2) is 5.78 Å². The number of ether oxygens (including phenoxy) is 1. The average Bonchev–Trinajstić information content (AvgIpc) is 2.21. The molecule has 0 radical (unpaired) electrons. The van der Waals surface area contributed by atoms with Gasteiger partial charge >= 0.3 is 0 Å². The molecule has 2 heteroatoms. The van der Waals surface area contributed by atoms with Gasteiger partial charge in [-0.05, 0) is 44.0 Å². The molecular weight excluding hydrogens is 188 g/mol. The van der Waals surface area contributed by atoms with Crippen molar-refractivity contribution in [1.82, 2.24) is 0 Å². The Hall–Kier alpha value is -1.57. The number of hydrogen-bond acceptors (Lipinski definition) is 2. The van der Waals surface area contributed by atoms with Crippen LogP contribution < -0.4 is 4.74 Å². The summed E-state index contributed by atoms with van der Waals surface area (Å²) in [6.45, 7) is 7.82. The van der Waals surface area contributed by atoms with Crippen molar-refractivity contribution >= 4 is 5.78 Å². The van der Waals surface area contributed by atoms with Crippen LogP contribution >= 0.6 is 0 Å². The molecule has 0 amide bonds. The van der Waals surface area contributed by atoms with Crippen LogP contribution in [0.3, 0.4) is 0 Å². The standard InChI is InChI=1S/C13H16O2/c1-4-6-12-9-11(10(3)14)7-8-13(12)15-5-2/h4,7-9H,1,5-6H2,2-3H3. The Morgan fingerprint density at radius 1 is 1.53 bits per heavy atom. The number of rotatable bonds is 5. The van der Waals surface area contributed by atoms with E-state index in [2.05, 4.69) is 6.58 Å². The summed E-state index contributed by atoms with van der Waals surface area (Å²) in [7, 11) is 0. The van der Waals surface area contributed by atoms with Crippen molar-refractivity contribution in [2.24, 2.45) is 0 Å². The van der Waals surface area contributed by atoms with Gasteiger partial charge in [0.05, 0.1) is 6.61 Å². The van der Waals surface area contributed by atoms with E-state index >= 15 is 0 Å². The lowest BCUT2D eigenvalue weighted by molar-refractivity contribution is 0.101. The van der Waals surface area contributed by atoms with E-state index in [1.54, 1.807) is 13.0 Å². The van der Waals surface area contributed by atoms with Gasteiger partial charge in [0, 0.05) is 5.56 Å².